The molecular formula is C20H23F2N3S. The molecule has 1 unspecified atom stereocenters. The fraction of sp³-hybridized carbons (Fsp3) is 0.350. The lowest BCUT2D eigenvalue weighted by molar-refractivity contribution is 0.172. The second-order valence-electron chi connectivity index (χ2n) is 6.56. The minimum Gasteiger partial charge on any atom is -0.356 e. The van der Waals surface area contributed by atoms with Crippen molar-refractivity contribution >= 4 is 17.3 Å². The largest absolute Gasteiger partial charge is 0.356 e. The Labute approximate surface area is 158 Å². The Morgan fingerprint density at radius 3 is 2.42 bits per heavy atom. The molecule has 3 nitrogen and oxygen atoms in total. The number of piperazine rings is 1. The van der Waals surface area contributed by atoms with Gasteiger partial charge in [0.2, 0.25) is 0 Å². The van der Waals surface area contributed by atoms with Crippen molar-refractivity contribution in [3.63, 3.8) is 0 Å². The molecule has 26 heavy (non-hydrogen) atoms. The average Bonchev–Trinajstić information content (AvgIpc) is 2.66. The Morgan fingerprint density at radius 2 is 1.73 bits per heavy atom. The smallest absolute Gasteiger partial charge is 0.169 e. The van der Waals surface area contributed by atoms with Crippen molar-refractivity contribution in [1.82, 2.24) is 15.1 Å². The first-order chi connectivity index (χ1) is 12.5. The Kier molecular flexibility index (Phi) is 6.16. The van der Waals surface area contributed by atoms with E-state index in [1.165, 1.54) is 5.56 Å². The summed E-state index contributed by atoms with van der Waals surface area (Å²) in [6, 6.07) is 14.7. The van der Waals surface area contributed by atoms with Gasteiger partial charge >= 0.3 is 0 Å². The van der Waals surface area contributed by atoms with Crippen LogP contribution in [-0.4, -0.2) is 41.1 Å². The van der Waals surface area contributed by atoms with Crippen molar-refractivity contribution < 1.29 is 8.78 Å². The van der Waals surface area contributed by atoms with Crippen molar-refractivity contribution in [1.29, 1.82) is 0 Å². The number of rotatable bonds is 4. The second-order valence-corrected chi connectivity index (χ2v) is 6.94. The van der Waals surface area contributed by atoms with Gasteiger partial charge in [-0.1, -0.05) is 42.5 Å². The third-order valence-electron chi connectivity index (χ3n) is 4.72. The number of hydrogen-bond donors (Lipinski definition) is 1. The van der Waals surface area contributed by atoms with Gasteiger partial charge in [0, 0.05) is 38.3 Å². The molecule has 3 rings (SSSR count). The lowest BCUT2D eigenvalue weighted by atomic mass is 10.1. The van der Waals surface area contributed by atoms with Crippen LogP contribution in [0.2, 0.25) is 0 Å². The maximum absolute atomic E-state index is 13.8. The van der Waals surface area contributed by atoms with E-state index >= 15 is 0 Å². The summed E-state index contributed by atoms with van der Waals surface area (Å²) < 4.78 is 27.2. The summed E-state index contributed by atoms with van der Waals surface area (Å²) >= 11 is 5.54. The van der Waals surface area contributed by atoms with E-state index in [9.17, 15) is 8.78 Å². The molecule has 0 spiro atoms. The number of nitrogens with one attached hydrogen (secondary N) is 1. The molecule has 1 aliphatic heterocycles. The van der Waals surface area contributed by atoms with Gasteiger partial charge in [-0.2, -0.15) is 0 Å². The number of hydrogen-bond acceptors (Lipinski definition) is 2. The van der Waals surface area contributed by atoms with Crippen LogP contribution in [0.15, 0.2) is 48.5 Å². The van der Waals surface area contributed by atoms with E-state index in [-0.39, 0.29) is 6.04 Å². The molecule has 1 aliphatic rings. The lowest BCUT2D eigenvalue weighted by Crippen LogP contribution is -2.51. The number of benzene rings is 2. The van der Waals surface area contributed by atoms with Crippen LogP contribution < -0.4 is 5.32 Å². The Balaban J connectivity index is 1.50. The van der Waals surface area contributed by atoms with Gasteiger partial charge in [0.25, 0.3) is 0 Å². The monoisotopic (exact) mass is 375 g/mol. The normalized spacial score (nSPS) is 16.3. The number of halogens is 2. The van der Waals surface area contributed by atoms with Crippen LogP contribution in [0.5, 0.6) is 0 Å². The topological polar surface area (TPSA) is 18.5 Å². The summed E-state index contributed by atoms with van der Waals surface area (Å²) in [6.07, 6.45) is 0. The van der Waals surface area contributed by atoms with Crippen molar-refractivity contribution in [3.05, 3.63) is 71.3 Å². The van der Waals surface area contributed by atoms with E-state index in [1.807, 2.05) is 18.2 Å². The van der Waals surface area contributed by atoms with E-state index in [4.69, 9.17) is 12.2 Å². The summed E-state index contributed by atoms with van der Waals surface area (Å²) in [5, 5.41) is 4.11. The van der Waals surface area contributed by atoms with Crippen molar-refractivity contribution in [2.24, 2.45) is 0 Å². The first-order valence-corrected chi connectivity index (χ1v) is 9.21. The SMILES string of the molecule is CC(NC(=S)N1CCN(Cc2cccc(F)c2F)CC1)c1ccccc1. The van der Waals surface area contributed by atoms with E-state index in [0.717, 1.165) is 37.4 Å². The van der Waals surface area contributed by atoms with Crippen LogP contribution in [0.4, 0.5) is 8.78 Å². The second kappa shape index (κ2) is 8.56. The van der Waals surface area contributed by atoms with Crippen molar-refractivity contribution in [2.45, 2.75) is 19.5 Å². The highest BCUT2D eigenvalue weighted by atomic mass is 32.1. The fourth-order valence-corrected chi connectivity index (χ4v) is 3.48. The minimum absolute atomic E-state index is 0.142. The first-order valence-electron chi connectivity index (χ1n) is 8.80. The predicted octanol–water partition coefficient (Wildman–Crippen LogP) is 3.72. The maximum Gasteiger partial charge on any atom is 0.169 e. The van der Waals surface area contributed by atoms with Crippen molar-refractivity contribution in [3.8, 4) is 0 Å². The quantitative estimate of drug-likeness (QED) is 0.821. The highest BCUT2D eigenvalue weighted by Gasteiger charge is 2.21. The van der Waals surface area contributed by atoms with Gasteiger partial charge in [-0.15, -0.1) is 0 Å². The Bertz CT molecular complexity index is 746. The molecule has 0 amide bonds. The maximum atomic E-state index is 13.8. The van der Waals surface area contributed by atoms with Crippen LogP contribution in [-0.2, 0) is 6.54 Å². The van der Waals surface area contributed by atoms with Crippen LogP contribution in [0.1, 0.15) is 24.1 Å². The molecule has 1 atom stereocenters. The molecule has 2 aromatic carbocycles. The molecule has 0 saturated carbocycles. The summed E-state index contributed by atoms with van der Waals surface area (Å²) in [6.45, 7) is 5.56. The number of thiocarbonyl (C=S) groups is 1. The summed E-state index contributed by atoms with van der Waals surface area (Å²) in [5.74, 6) is -1.54. The van der Waals surface area contributed by atoms with Crippen molar-refractivity contribution in [2.75, 3.05) is 26.2 Å². The molecule has 6 heteroatoms. The third kappa shape index (κ3) is 4.56. The van der Waals surface area contributed by atoms with Gasteiger partial charge in [-0.3, -0.25) is 4.90 Å². The molecule has 2 aromatic rings. The van der Waals surface area contributed by atoms with Gasteiger partial charge in [0.1, 0.15) is 0 Å². The zero-order chi connectivity index (χ0) is 18.5. The molecule has 0 aliphatic carbocycles. The minimum atomic E-state index is -0.790. The fourth-order valence-electron chi connectivity index (χ4n) is 3.12. The highest BCUT2D eigenvalue weighted by Crippen LogP contribution is 2.16. The van der Waals surface area contributed by atoms with Gasteiger partial charge in [0.15, 0.2) is 16.7 Å². The molecule has 1 heterocycles. The molecule has 0 radical (unpaired) electrons. The predicted molar refractivity (Wildman–Crippen MR) is 104 cm³/mol. The van der Waals surface area contributed by atoms with E-state index < -0.39 is 11.6 Å². The lowest BCUT2D eigenvalue weighted by Gasteiger charge is -2.37. The van der Waals surface area contributed by atoms with Gasteiger partial charge in [0.05, 0.1) is 6.04 Å². The Hall–Kier alpha value is -2.05. The standard InChI is InChI=1S/C20H23F2N3S/c1-15(16-6-3-2-4-7-16)23-20(26)25-12-10-24(11-13-25)14-17-8-5-9-18(21)19(17)22/h2-9,15H,10-14H2,1H3,(H,23,26). The van der Waals surface area contributed by atoms with Crippen LogP contribution in [0.25, 0.3) is 0 Å². The third-order valence-corrected chi connectivity index (χ3v) is 5.10. The van der Waals surface area contributed by atoms with Crippen LogP contribution in [0.3, 0.4) is 0 Å². The van der Waals surface area contributed by atoms with Gasteiger partial charge < -0.3 is 10.2 Å². The van der Waals surface area contributed by atoms with Crippen LogP contribution in [0, 0.1) is 11.6 Å². The summed E-state index contributed by atoms with van der Waals surface area (Å²) in [4.78, 5) is 4.25. The molecule has 0 bridgehead atoms. The molecule has 0 aromatic heterocycles. The Morgan fingerprint density at radius 1 is 1.04 bits per heavy atom. The zero-order valence-corrected chi connectivity index (χ0v) is 15.6. The summed E-state index contributed by atoms with van der Waals surface area (Å²) in [5.41, 5.74) is 1.59. The van der Waals surface area contributed by atoms with E-state index in [2.05, 4.69) is 34.2 Å². The molecule has 1 saturated heterocycles. The van der Waals surface area contributed by atoms with E-state index in [0.29, 0.717) is 12.1 Å². The molecule has 1 fully saturated rings. The zero-order valence-electron chi connectivity index (χ0n) is 14.8. The molecule has 1 N–H and O–H groups in total. The van der Waals surface area contributed by atoms with Gasteiger partial charge in [-0.05, 0) is 30.8 Å². The molecular weight excluding hydrogens is 352 g/mol. The molecule has 138 valence electrons. The average molecular weight is 375 g/mol. The highest BCUT2D eigenvalue weighted by molar-refractivity contribution is 7.80. The number of nitrogens with zero attached hydrogens (tertiary/aromatic N) is 2. The van der Waals surface area contributed by atoms with Crippen LogP contribution >= 0.6 is 12.2 Å². The van der Waals surface area contributed by atoms with E-state index in [1.54, 1.807) is 12.1 Å². The van der Waals surface area contributed by atoms with Gasteiger partial charge in [-0.25, -0.2) is 8.78 Å². The first kappa shape index (κ1) is 18.7. The summed E-state index contributed by atoms with van der Waals surface area (Å²) in [7, 11) is 0.